The Bertz CT molecular complexity index is 998. The molecule has 3 rings (SSSR count). The number of benzene rings is 1. The van der Waals surface area contributed by atoms with Gasteiger partial charge in [0, 0.05) is 10.7 Å². The third-order valence-corrected chi connectivity index (χ3v) is 4.89. The summed E-state index contributed by atoms with van der Waals surface area (Å²) in [5.41, 5.74) is 1.13. The molecule has 0 fully saturated rings. The summed E-state index contributed by atoms with van der Waals surface area (Å²) in [5.74, 6) is -1.21. The largest absolute Gasteiger partial charge is 0.461 e. The minimum Gasteiger partial charge on any atom is -0.461 e. The highest BCUT2D eigenvalue weighted by Crippen LogP contribution is 2.31. The Kier molecular flexibility index (Phi) is 6.69. The van der Waals surface area contributed by atoms with E-state index in [1.807, 2.05) is 0 Å². The molecule has 2 heterocycles. The number of nitrogens with one attached hydrogen (secondary N) is 2. The van der Waals surface area contributed by atoms with Gasteiger partial charge in [-0.15, -0.1) is 0 Å². The normalized spacial score (nSPS) is 11.9. The van der Waals surface area contributed by atoms with Crippen molar-refractivity contribution in [3.05, 3.63) is 73.7 Å². The van der Waals surface area contributed by atoms with Crippen molar-refractivity contribution >= 4 is 55.1 Å². The summed E-state index contributed by atoms with van der Waals surface area (Å²) in [6.45, 7) is 1.90. The van der Waals surface area contributed by atoms with Crippen LogP contribution in [0.5, 0.6) is 0 Å². The quantitative estimate of drug-likeness (QED) is 0.410. The summed E-state index contributed by atoms with van der Waals surface area (Å²) in [4.78, 5) is 23.9. The Labute approximate surface area is 182 Å². The number of esters is 1. The van der Waals surface area contributed by atoms with E-state index in [0.717, 1.165) is 4.47 Å². The third-order valence-electron chi connectivity index (χ3n) is 3.76. The molecule has 0 spiro atoms. The molecule has 1 aromatic carbocycles. The molecule has 0 saturated carbocycles. The molecule has 1 atom stereocenters. The van der Waals surface area contributed by atoms with Crippen LogP contribution in [0.25, 0.3) is 0 Å². The van der Waals surface area contributed by atoms with Gasteiger partial charge in [0.2, 0.25) is 0 Å². The van der Waals surface area contributed by atoms with E-state index in [1.165, 1.54) is 6.07 Å². The molecule has 0 amide bonds. The Morgan fingerprint density at radius 1 is 1.36 bits per heavy atom. The Balaban J connectivity index is 2.11. The molecule has 0 bridgehead atoms. The fourth-order valence-corrected chi connectivity index (χ4v) is 3.34. The first-order valence-electron chi connectivity index (χ1n) is 8.15. The average molecular weight is 533 g/mol. The van der Waals surface area contributed by atoms with Crippen molar-refractivity contribution in [1.29, 1.82) is 0 Å². The van der Waals surface area contributed by atoms with Crippen molar-refractivity contribution in [2.75, 3.05) is 11.9 Å². The van der Waals surface area contributed by atoms with Gasteiger partial charge in [-0.2, -0.15) is 0 Å². The average Bonchev–Trinajstić information content (AvgIpc) is 3.06. The standard InChI is InChI=1S/C18H14Br2ClFN4O2/c1-2-28-17(27)16-15(25-18(20)26-16)14(12-7-6-9(19)8-23-12)24-11-5-3-4-10(21)13(11)22/h3-8,14,24H,2H2,1H3,(H,25,26). The predicted octanol–water partition coefficient (Wildman–Crippen LogP) is 5.50. The van der Waals surface area contributed by atoms with Crippen LogP contribution in [-0.4, -0.2) is 27.5 Å². The van der Waals surface area contributed by atoms with Crippen LogP contribution in [0.1, 0.15) is 34.8 Å². The van der Waals surface area contributed by atoms with Gasteiger partial charge in [-0.05, 0) is 63.0 Å². The van der Waals surface area contributed by atoms with Crippen molar-refractivity contribution in [1.82, 2.24) is 15.0 Å². The molecule has 1 unspecified atom stereocenters. The lowest BCUT2D eigenvalue weighted by Crippen LogP contribution is -2.19. The van der Waals surface area contributed by atoms with Gasteiger partial charge in [0.15, 0.2) is 16.2 Å². The van der Waals surface area contributed by atoms with Crippen LogP contribution in [0.2, 0.25) is 5.02 Å². The fourth-order valence-electron chi connectivity index (χ4n) is 2.54. The molecule has 3 aromatic rings. The predicted molar refractivity (Wildman–Crippen MR) is 111 cm³/mol. The van der Waals surface area contributed by atoms with E-state index in [1.54, 1.807) is 37.4 Å². The molecule has 146 valence electrons. The number of aromatic amines is 1. The molecule has 0 radical (unpaired) electrons. The summed E-state index contributed by atoms with van der Waals surface area (Å²) in [5, 5.41) is 3.03. The second-order valence-electron chi connectivity index (χ2n) is 5.59. The minimum absolute atomic E-state index is 0.0241. The summed E-state index contributed by atoms with van der Waals surface area (Å²) in [6, 6.07) is 7.43. The lowest BCUT2D eigenvalue weighted by molar-refractivity contribution is 0.0518. The zero-order chi connectivity index (χ0) is 20.3. The molecule has 2 N–H and O–H groups in total. The van der Waals surface area contributed by atoms with Crippen molar-refractivity contribution in [2.24, 2.45) is 0 Å². The monoisotopic (exact) mass is 530 g/mol. The van der Waals surface area contributed by atoms with Gasteiger partial charge in [0.1, 0.15) is 6.04 Å². The van der Waals surface area contributed by atoms with Gasteiger partial charge >= 0.3 is 5.97 Å². The lowest BCUT2D eigenvalue weighted by Gasteiger charge is -2.20. The maximum atomic E-state index is 14.5. The van der Waals surface area contributed by atoms with Gasteiger partial charge in [0.05, 0.1) is 28.7 Å². The molecule has 0 aliphatic heterocycles. The van der Waals surface area contributed by atoms with Crippen LogP contribution in [0.15, 0.2) is 45.7 Å². The van der Waals surface area contributed by atoms with Crippen molar-refractivity contribution < 1.29 is 13.9 Å². The SMILES string of the molecule is CCOC(=O)c1nc(Br)[nH]c1C(Nc1cccc(Cl)c1F)c1ccc(Br)cn1. The molecule has 28 heavy (non-hydrogen) atoms. The smallest absolute Gasteiger partial charge is 0.358 e. The lowest BCUT2D eigenvalue weighted by atomic mass is 10.1. The molecule has 2 aromatic heterocycles. The topological polar surface area (TPSA) is 79.9 Å². The van der Waals surface area contributed by atoms with Crippen molar-refractivity contribution in [3.63, 3.8) is 0 Å². The number of imidazole rings is 1. The molecular formula is C18H14Br2ClFN4O2. The number of carbonyl (C=O) groups excluding carboxylic acids is 1. The Morgan fingerprint density at radius 2 is 2.14 bits per heavy atom. The number of pyridine rings is 1. The Hall–Kier alpha value is -1.97. The van der Waals surface area contributed by atoms with Gasteiger partial charge in [-0.3, -0.25) is 4.98 Å². The second kappa shape index (κ2) is 9.02. The molecule has 10 heteroatoms. The maximum absolute atomic E-state index is 14.5. The summed E-state index contributed by atoms with van der Waals surface area (Å²) in [7, 11) is 0. The number of carbonyl (C=O) groups is 1. The molecule has 0 aliphatic carbocycles. The molecule has 0 aliphatic rings. The number of nitrogens with zero attached hydrogens (tertiary/aromatic N) is 2. The van der Waals surface area contributed by atoms with E-state index in [-0.39, 0.29) is 23.0 Å². The first kappa shape index (κ1) is 20.8. The van der Waals surface area contributed by atoms with Crippen molar-refractivity contribution in [3.8, 4) is 0 Å². The number of rotatable bonds is 6. The van der Waals surface area contributed by atoms with E-state index < -0.39 is 17.8 Å². The van der Waals surface area contributed by atoms with Crippen LogP contribution < -0.4 is 5.32 Å². The number of hydrogen-bond donors (Lipinski definition) is 2. The number of aromatic nitrogens is 3. The highest BCUT2D eigenvalue weighted by atomic mass is 79.9. The number of hydrogen-bond acceptors (Lipinski definition) is 5. The molecule has 0 saturated heterocycles. The second-order valence-corrected chi connectivity index (χ2v) is 7.66. The summed E-state index contributed by atoms with van der Waals surface area (Å²) in [6.07, 6.45) is 1.60. The first-order chi connectivity index (χ1) is 13.4. The summed E-state index contributed by atoms with van der Waals surface area (Å²) < 4.78 is 20.7. The van der Waals surface area contributed by atoms with Crippen molar-refractivity contribution in [2.45, 2.75) is 13.0 Å². The van der Waals surface area contributed by atoms with E-state index in [4.69, 9.17) is 16.3 Å². The maximum Gasteiger partial charge on any atom is 0.358 e. The number of halogens is 4. The highest BCUT2D eigenvalue weighted by molar-refractivity contribution is 9.10. The fraction of sp³-hybridized carbons (Fsp3) is 0.167. The highest BCUT2D eigenvalue weighted by Gasteiger charge is 2.28. The van der Waals surface area contributed by atoms with Gasteiger partial charge in [-0.1, -0.05) is 17.7 Å². The van der Waals surface area contributed by atoms with Crippen LogP contribution in [0.4, 0.5) is 10.1 Å². The third kappa shape index (κ3) is 4.53. The molecular weight excluding hydrogens is 518 g/mol. The van der Waals surface area contributed by atoms with Gasteiger partial charge < -0.3 is 15.0 Å². The van der Waals surface area contributed by atoms with Crippen LogP contribution >= 0.6 is 43.5 Å². The van der Waals surface area contributed by atoms with Gasteiger partial charge in [0.25, 0.3) is 0 Å². The number of anilines is 1. The zero-order valence-electron chi connectivity index (χ0n) is 14.5. The van der Waals surface area contributed by atoms with E-state index in [0.29, 0.717) is 16.1 Å². The first-order valence-corrected chi connectivity index (χ1v) is 10.1. The minimum atomic E-state index is -0.723. The van der Waals surface area contributed by atoms with Crippen LogP contribution in [-0.2, 0) is 4.74 Å². The zero-order valence-corrected chi connectivity index (χ0v) is 18.4. The molecule has 6 nitrogen and oxygen atoms in total. The van der Waals surface area contributed by atoms with E-state index in [9.17, 15) is 9.18 Å². The van der Waals surface area contributed by atoms with E-state index in [2.05, 4.69) is 52.1 Å². The van der Waals surface area contributed by atoms with Crippen LogP contribution in [0.3, 0.4) is 0 Å². The van der Waals surface area contributed by atoms with Gasteiger partial charge in [-0.25, -0.2) is 14.2 Å². The Morgan fingerprint density at radius 3 is 2.82 bits per heavy atom. The number of H-pyrrole nitrogens is 1. The number of ether oxygens (including phenoxy) is 1. The van der Waals surface area contributed by atoms with Crippen LogP contribution in [0, 0.1) is 5.82 Å². The van der Waals surface area contributed by atoms with E-state index >= 15 is 0 Å². The summed E-state index contributed by atoms with van der Waals surface area (Å²) >= 11 is 12.5.